The highest BCUT2D eigenvalue weighted by atomic mass is 16.6. The second-order valence-corrected chi connectivity index (χ2v) is 14.6. The van der Waals surface area contributed by atoms with Crippen molar-refractivity contribution in [3.8, 4) is 0 Å². The highest BCUT2D eigenvalue weighted by Gasteiger charge is 2.19. The Balaban J connectivity index is 4.65. The first-order valence-electron chi connectivity index (χ1n) is 23.6. The van der Waals surface area contributed by atoms with Crippen molar-refractivity contribution < 1.29 is 28.6 Å². The molecule has 0 bridgehead atoms. The van der Waals surface area contributed by atoms with E-state index >= 15 is 0 Å². The molecule has 0 amide bonds. The van der Waals surface area contributed by atoms with Crippen LogP contribution in [0.3, 0.4) is 0 Å². The van der Waals surface area contributed by atoms with E-state index in [1.165, 1.54) is 0 Å². The van der Waals surface area contributed by atoms with Crippen LogP contribution in [0.5, 0.6) is 0 Å². The van der Waals surface area contributed by atoms with Gasteiger partial charge in [-0.05, 0) is 109 Å². The van der Waals surface area contributed by atoms with Crippen LogP contribution in [0.25, 0.3) is 0 Å². The quantitative estimate of drug-likeness (QED) is 0.0202. The molecule has 0 aliphatic carbocycles. The minimum Gasteiger partial charge on any atom is -0.462 e. The number of ether oxygens (including phenoxy) is 3. The van der Waals surface area contributed by atoms with E-state index < -0.39 is 6.10 Å². The Labute approximate surface area is 378 Å². The molecule has 0 aromatic heterocycles. The summed E-state index contributed by atoms with van der Waals surface area (Å²) in [6, 6.07) is 0. The molecule has 0 aromatic carbocycles. The van der Waals surface area contributed by atoms with Gasteiger partial charge in [-0.1, -0.05) is 185 Å². The lowest BCUT2D eigenvalue weighted by atomic mass is 10.1. The maximum atomic E-state index is 12.7. The van der Waals surface area contributed by atoms with Crippen molar-refractivity contribution in [2.75, 3.05) is 13.2 Å². The predicted molar refractivity (Wildman–Crippen MR) is 265 cm³/mol. The van der Waals surface area contributed by atoms with Crippen LogP contribution in [-0.4, -0.2) is 37.2 Å². The van der Waals surface area contributed by atoms with E-state index in [4.69, 9.17) is 14.2 Å². The number of allylic oxidation sites excluding steroid dienone is 26. The summed E-state index contributed by atoms with van der Waals surface area (Å²) in [4.78, 5) is 37.8. The molecule has 6 nitrogen and oxygen atoms in total. The van der Waals surface area contributed by atoms with E-state index in [0.717, 1.165) is 96.3 Å². The molecule has 0 heterocycles. The smallest absolute Gasteiger partial charge is 0.306 e. The Kier molecular flexibility index (Phi) is 44.8. The van der Waals surface area contributed by atoms with Gasteiger partial charge in [-0.2, -0.15) is 0 Å². The van der Waals surface area contributed by atoms with Crippen LogP contribution in [0, 0.1) is 0 Å². The highest BCUT2D eigenvalue weighted by molar-refractivity contribution is 5.71. The zero-order valence-electron chi connectivity index (χ0n) is 38.8. The van der Waals surface area contributed by atoms with Gasteiger partial charge in [0.1, 0.15) is 13.2 Å². The molecule has 0 saturated carbocycles. The number of carbonyl (C=O) groups is 3. The monoisotopic (exact) mass is 851 g/mol. The topological polar surface area (TPSA) is 78.9 Å². The molecule has 342 valence electrons. The molecule has 0 radical (unpaired) electrons. The van der Waals surface area contributed by atoms with Gasteiger partial charge in [-0.3, -0.25) is 14.4 Å². The summed E-state index contributed by atoms with van der Waals surface area (Å²) >= 11 is 0. The van der Waals surface area contributed by atoms with E-state index in [1.807, 2.05) is 48.6 Å². The van der Waals surface area contributed by atoms with Gasteiger partial charge in [0, 0.05) is 19.3 Å². The Morgan fingerprint density at radius 2 is 0.677 bits per heavy atom. The lowest BCUT2D eigenvalue weighted by Gasteiger charge is -2.18. The number of carbonyl (C=O) groups excluding carboxylic acids is 3. The van der Waals surface area contributed by atoms with Gasteiger partial charge >= 0.3 is 17.9 Å². The van der Waals surface area contributed by atoms with Crippen LogP contribution >= 0.6 is 0 Å². The third kappa shape index (κ3) is 46.1. The lowest BCUT2D eigenvalue weighted by molar-refractivity contribution is -0.167. The Hall–Kier alpha value is -4.97. The van der Waals surface area contributed by atoms with Crippen molar-refractivity contribution in [2.45, 2.75) is 162 Å². The van der Waals surface area contributed by atoms with Crippen LogP contribution in [0.4, 0.5) is 0 Å². The number of esters is 3. The summed E-state index contributed by atoms with van der Waals surface area (Å²) in [7, 11) is 0. The summed E-state index contributed by atoms with van der Waals surface area (Å²) in [6.45, 7) is 6.09. The molecule has 62 heavy (non-hydrogen) atoms. The van der Waals surface area contributed by atoms with Crippen LogP contribution in [-0.2, 0) is 28.6 Å². The molecule has 1 unspecified atom stereocenters. The second kappa shape index (κ2) is 48.7. The van der Waals surface area contributed by atoms with Gasteiger partial charge in [0.05, 0.1) is 0 Å². The molecular weight excluding hydrogens is 769 g/mol. The maximum Gasteiger partial charge on any atom is 0.306 e. The van der Waals surface area contributed by atoms with Gasteiger partial charge in [0.15, 0.2) is 6.10 Å². The normalized spacial score (nSPS) is 13.5. The molecule has 0 N–H and O–H groups in total. The largest absolute Gasteiger partial charge is 0.462 e. The highest BCUT2D eigenvalue weighted by Crippen LogP contribution is 2.10. The molecular formula is C56H82O6. The molecule has 0 aromatic rings. The summed E-state index contributed by atoms with van der Waals surface area (Å²) in [5.74, 6) is -1.10. The van der Waals surface area contributed by atoms with Crippen LogP contribution in [0.1, 0.15) is 156 Å². The minimum atomic E-state index is -0.845. The van der Waals surface area contributed by atoms with Gasteiger partial charge in [0.2, 0.25) is 0 Å². The standard InChI is InChI=1S/C56H82O6/c1-4-7-10-13-16-19-22-25-27-28-30-31-34-37-40-43-46-49-55(58)61-52-53(51-60-54(57)48-45-42-39-36-33-24-21-18-15-12-9-6-3)62-56(59)50-47-44-41-38-35-32-29-26-23-20-17-14-11-8-5-2/h7-12,14,16-21,23,25-27,29-33,35-37,40,53H,4-6,13,15,22,24,28,34,38-39,41-52H2,1-3H3/b10-7-,11-8-,12-9-,17-14-,19-16-,21-18-,23-20-,27-25-,29-26-,31-30-,35-32-,36-33-,40-37-. The zero-order valence-corrected chi connectivity index (χ0v) is 38.8. The van der Waals surface area contributed by atoms with E-state index in [2.05, 4.69) is 130 Å². The zero-order chi connectivity index (χ0) is 45.1. The average Bonchev–Trinajstić information content (AvgIpc) is 3.27. The van der Waals surface area contributed by atoms with Gasteiger partial charge in [-0.15, -0.1) is 0 Å². The number of unbranched alkanes of at least 4 members (excludes halogenated alkanes) is 6. The predicted octanol–water partition coefficient (Wildman–Crippen LogP) is 15.5. The number of hydrogen-bond donors (Lipinski definition) is 0. The maximum absolute atomic E-state index is 12.7. The van der Waals surface area contributed by atoms with Crippen LogP contribution in [0.15, 0.2) is 158 Å². The van der Waals surface area contributed by atoms with E-state index in [0.29, 0.717) is 19.3 Å². The van der Waals surface area contributed by atoms with Crippen molar-refractivity contribution in [1.29, 1.82) is 0 Å². The summed E-state index contributed by atoms with van der Waals surface area (Å²) in [6.07, 6.45) is 70.9. The minimum absolute atomic E-state index is 0.142. The molecule has 6 heteroatoms. The first kappa shape index (κ1) is 57.0. The fourth-order valence-corrected chi connectivity index (χ4v) is 5.45. The fourth-order valence-electron chi connectivity index (χ4n) is 5.45. The first-order chi connectivity index (χ1) is 30.5. The molecule has 0 aliphatic rings. The number of hydrogen-bond acceptors (Lipinski definition) is 6. The summed E-state index contributed by atoms with van der Waals surface area (Å²) < 4.78 is 16.6. The van der Waals surface area contributed by atoms with E-state index in [-0.39, 0.29) is 50.4 Å². The third-order valence-electron chi connectivity index (χ3n) is 8.89. The molecule has 0 saturated heterocycles. The molecule has 0 aliphatic heterocycles. The van der Waals surface area contributed by atoms with Crippen molar-refractivity contribution in [3.05, 3.63) is 158 Å². The molecule has 1 atom stereocenters. The average molecular weight is 851 g/mol. The molecule has 0 rings (SSSR count). The summed E-state index contributed by atoms with van der Waals surface area (Å²) in [5.41, 5.74) is 0. The fraction of sp³-hybridized carbons (Fsp3) is 0.482. The molecule has 0 fully saturated rings. The van der Waals surface area contributed by atoms with Crippen LogP contribution in [0.2, 0.25) is 0 Å². The lowest BCUT2D eigenvalue weighted by Crippen LogP contribution is -2.30. The Morgan fingerprint density at radius 3 is 1.16 bits per heavy atom. The third-order valence-corrected chi connectivity index (χ3v) is 8.89. The second-order valence-electron chi connectivity index (χ2n) is 14.6. The van der Waals surface area contributed by atoms with E-state index in [9.17, 15) is 14.4 Å². The SMILES string of the molecule is CC\C=C/C=C\C=C/C=C\C=C/CCCCCC(=O)OC(COC(=O)CCC/C=C\C/C=C\C/C=C\C/C=C\C/C=C\CC)COC(=O)CCCC/C=C\C/C=C\C/C=C\CC. The van der Waals surface area contributed by atoms with Crippen LogP contribution < -0.4 is 0 Å². The Bertz CT molecular complexity index is 1490. The van der Waals surface area contributed by atoms with Gasteiger partial charge in [-0.25, -0.2) is 0 Å². The van der Waals surface area contributed by atoms with Crippen molar-refractivity contribution >= 4 is 17.9 Å². The van der Waals surface area contributed by atoms with E-state index in [1.54, 1.807) is 0 Å². The number of rotatable bonds is 39. The van der Waals surface area contributed by atoms with Crippen molar-refractivity contribution in [2.24, 2.45) is 0 Å². The van der Waals surface area contributed by atoms with Crippen molar-refractivity contribution in [1.82, 2.24) is 0 Å². The summed E-state index contributed by atoms with van der Waals surface area (Å²) in [5, 5.41) is 0. The van der Waals surface area contributed by atoms with Crippen molar-refractivity contribution in [3.63, 3.8) is 0 Å². The van der Waals surface area contributed by atoms with Gasteiger partial charge in [0.25, 0.3) is 0 Å². The first-order valence-corrected chi connectivity index (χ1v) is 23.6. The Morgan fingerprint density at radius 1 is 0.339 bits per heavy atom. The van der Waals surface area contributed by atoms with Gasteiger partial charge < -0.3 is 14.2 Å². The molecule has 0 spiro atoms.